The number of morpholine rings is 1. The molecule has 0 radical (unpaired) electrons. The summed E-state index contributed by atoms with van der Waals surface area (Å²) in [5.74, 6) is 0.696. The van der Waals surface area contributed by atoms with Crippen LogP contribution in [0.5, 0.6) is 0 Å². The maximum atomic E-state index is 6.12. The summed E-state index contributed by atoms with van der Waals surface area (Å²) in [5.41, 5.74) is 1.28. The first kappa shape index (κ1) is 11.6. The molecule has 2 rings (SSSR count). The Kier molecular flexibility index (Phi) is 3.97. The van der Waals surface area contributed by atoms with E-state index in [0.29, 0.717) is 12.0 Å². The second kappa shape index (κ2) is 5.46. The normalized spacial score (nSPS) is 25.9. The predicted octanol–water partition coefficient (Wildman–Crippen LogP) is 2.76. The summed E-state index contributed by atoms with van der Waals surface area (Å²) in [6.45, 7) is 6.41. The van der Waals surface area contributed by atoms with E-state index >= 15 is 0 Å². The Balaban J connectivity index is 1.97. The maximum absolute atomic E-state index is 6.12. The van der Waals surface area contributed by atoms with Gasteiger partial charge in [0.05, 0.1) is 12.2 Å². The average molecular weight is 219 g/mol. The third kappa shape index (κ3) is 3.06. The van der Waals surface area contributed by atoms with Crippen LogP contribution in [0, 0.1) is 5.92 Å². The molecule has 0 bridgehead atoms. The van der Waals surface area contributed by atoms with E-state index in [-0.39, 0.29) is 6.10 Å². The van der Waals surface area contributed by atoms with Crippen LogP contribution in [-0.4, -0.2) is 19.2 Å². The van der Waals surface area contributed by atoms with Gasteiger partial charge in [-0.15, -0.1) is 0 Å². The van der Waals surface area contributed by atoms with Gasteiger partial charge in [-0.1, -0.05) is 44.2 Å². The molecule has 0 spiro atoms. The quantitative estimate of drug-likeness (QED) is 0.844. The van der Waals surface area contributed by atoms with Gasteiger partial charge in [-0.05, 0) is 17.9 Å². The van der Waals surface area contributed by atoms with E-state index in [1.807, 2.05) is 6.07 Å². The van der Waals surface area contributed by atoms with Crippen LogP contribution in [0.25, 0.3) is 0 Å². The molecule has 2 atom stereocenters. The van der Waals surface area contributed by atoms with Crippen LogP contribution in [0.3, 0.4) is 0 Å². The van der Waals surface area contributed by atoms with Crippen molar-refractivity contribution in [2.45, 2.75) is 32.5 Å². The second-order valence-electron chi connectivity index (χ2n) is 4.95. The number of benzene rings is 1. The SMILES string of the molecule is CC(C)CC1CNCC(c2ccccc2)O1. The third-order valence-electron chi connectivity index (χ3n) is 2.96. The van der Waals surface area contributed by atoms with Crippen molar-refractivity contribution in [3.05, 3.63) is 35.9 Å². The molecule has 16 heavy (non-hydrogen) atoms. The molecule has 1 N–H and O–H groups in total. The van der Waals surface area contributed by atoms with Gasteiger partial charge in [0.2, 0.25) is 0 Å². The number of ether oxygens (including phenoxy) is 1. The third-order valence-corrected chi connectivity index (χ3v) is 2.96. The van der Waals surface area contributed by atoms with Crippen molar-refractivity contribution in [1.29, 1.82) is 0 Å². The van der Waals surface area contributed by atoms with Gasteiger partial charge in [0.15, 0.2) is 0 Å². The lowest BCUT2D eigenvalue weighted by Gasteiger charge is -2.32. The predicted molar refractivity (Wildman–Crippen MR) is 66.4 cm³/mol. The molecule has 0 amide bonds. The van der Waals surface area contributed by atoms with Crippen molar-refractivity contribution in [3.8, 4) is 0 Å². The van der Waals surface area contributed by atoms with Crippen LogP contribution >= 0.6 is 0 Å². The van der Waals surface area contributed by atoms with Crippen molar-refractivity contribution in [2.75, 3.05) is 13.1 Å². The molecule has 1 heterocycles. The highest BCUT2D eigenvalue weighted by Gasteiger charge is 2.23. The van der Waals surface area contributed by atoms with Gasteiger partial charge in [-0.25, -0.2) is 0 Å². The van der Waals surface area contributed by atoms with Gasteiger partial charge in [0.1, 0.15) is 0 Å². The highest BCUT2D eigenvalue weighted by molar-refractivity contribution is 5.18. The van der Waals surface area contributed by atoms with E-state index in [1.54, 1.807) is 0 Å². The van der Waals surface area contributed by atoms with Gasteiger partial charge in [-0.2, -0.15) is 0 Å². The molecule has 0 saturated carbocycles. The Morgan fingerprint density at radius 2 is 2.00 bits per heavy atom. The fourth-order valence-electron chi connectivity index (χ4n) is 2.23. The monoisotopic (exact) mass is 219 g/mol. The van der Waals surface area contributed by atoms with Crippen LogP contribution in [-0.2, 0) is 4.74 Å². The Bertz CT molecular complexity index is 310. The van der Waals surface area contributed by atoms with E-state index in [9.17, 15) is 0 Å². The zero-order chi connectivity index (χ0) is 11.4. The molecule has 1 aromatic carbocycles. The number of rotatable bonds is 3. The Morgan fingerprint density at radius 1 is 1.25 bits per heavy atom. The molecule has 0 aliphatic carbocycles. The second-order valence-corrected chi connectivity index (χ2v) is 4.95. The van der Waals surface area contributed by atoms with Crippen LogP contribution in [0.1, 0.15) is 31.9 Å². The molecule has 1 saturated heterocycles. The summed E-state index contributed by atoms with van der Waals surface area (Å²) in [7, 11) is 0. The highest BCUT2D eigenvalue weighted by Crippen LogP contribution is 2.23. The standard InChI is InChI=1S/C14H21NO/c1-11(2)8-13-9-15-10-14(16-13)12-6-4-3-5-7-12/h3-7,11,13-15H,8-10H2,1-2H3. The first-order valence-electron chi connectivity index (χ1n) is 6.17. The molecule has 1 fully saturated rings. The van der Waals surface area contributed by atoms with Gasteiger partial charge < -0.3 is 10.1 Å². The van der Waals surface area contributed by atoms with E-state index < -0.39 is 0 Å². The lowest BCUT2D eigenvalue weighted by molar-refractivity contribution is -0.0473. The molecular formula is C14H21NO. The van der Waals surface area contributed by atoms with Gasteiger partial charge in [0, 0.05) is 13.1 Å². The summed E-state index contributed by atoms with van der Waals surface area (Å²) in [6, 6.07) is 10.5. The summed E-state index contributed by atoms with van der Waals surface area (Å²) in [4.78, 5) is 0. The van der Waals surface area contributed by atoms with E-state index in [0.717, 1.165) is 19.5 Å². The molecule has 2 unspecified atom stereocenters. The molecule has 1 aromatic rings. The van der Waals surface area contributed by atoms with E-state index in [4.69, 9.17) is 4.74 Å². The highest BCUT2D eigenvalue weighted by atomic mass is 16.5. The molecule has 1 aliphatic rings. The summed E-state index contributed by atoms with van der Waals surface area (Å²) in [6.07, 6.45) is 1.72. The van der Waals surface area contributed by atoms with Crippen molar-refractivity contribution >= 4 is 0 Å². The van der Waals surface area contributed by atoms with Crippen molar-refractivity contribution in [3.63, 3.8) is 0 Å². The Hall–Kier alpha value is -0.860. The van der Waals surface area contributed by atoms with Crippen LogP contribution in [0.4, 0.5) is 0 Å². The molecule has 2 heteroatoms. The Morgan fingerprint density at radius 3 is 2.69 bits per heavy atom. The lowest BCUT2D eigenvalue weighted by Crippen LogP contribution is -2.41. The largest absolute Gasteiger partial charge is 0.368 e. The summed E-state index contributed by atoms with van der Waals surface area (Å²) in [5, 5.41) is 3.46. The van der Waals surface area contributed by atoms with E-state index in [2.05, 4.69) is 43.4 Å². The zero-order valence-corrected chi connectivity index (χ0v) is 10.1. The van der Waals surface area contributed by atoms with Crippen molar-refractivity contribution < 1.29 is 4.74 Å². The fourth-order valence-corrected chi connectivity index (χ4v) is 2.23. The first-order valence-corrected chi connectivity index (χ1v) is 6.17. The van der Waals surface area contributed by atoms with Crippen molar-refractivity contribution in [1.82, 2.24) is 5.32 Å². The molecule has 2 nitrogen and oxygen atoms in total. The number of hydrogen-bond donors (Lipinski definition) is 1. The van der Waals surface area contributed by atoms with Gasteiger partial charge in [0.25, 0.3) is 0 Å². The number of nitrogens with one attached hydrogen (secondary N) is 1. The number of hydrogen-bond acceptors (Lipinski definition) is 2. The molecule has 0 aromatic heterocycles. The molecule has 1 aliphatic heterocycles. The van der Waals surface area contributed by atoms with Gasteiger partial charge in [-0.3, -0.25) is 0 Å². The zero-order valence-electron chi connectivity index (χ0n) is 10.1. The first-order chi connectivity index (χ1) is 7.75. The topological polar surface area (TPSA) is 21.3 Å². The average Bonchev–Trinajstić information content (AvgIpc) is 2.30. The lowest BCUT2D eigenvalue weighted by atomic mass is 10.0. The van der Waals surface area contributed by atoms with Crippen molar-refractivity contribution in [2.24, 2.45) is 5.92 Å². The smallest absolute Gasteiger partial charge is 0.0953 e. The molecule has 88 valence electrons. The van der Waals surface area contributed by atoms with E-state index in [1.165, 1.54) is 5.56 Å². The maximum Gasteiger partial charge on any atom is 0.0953 e. The van der Waals surface area contributed by atoms with Crippen LogP contribution in [0.2, 0.25) is 0 Å². The van der Waals surface area contributed by atoms with Crippen LogP contribution < -0.4 is 5.32 Å². The summed E-state index contributed by atoms with van der Waals surface area (Å²) >= 11 is 0. The summed E-state index contributed by atoms with van der Waals surface area (Å²) < 4.78 is 6.12. The fraction of sp³-hybridized carbons (Fsp3) is 0.571. The van der Waals surface area contributed by atoms with Crippen LogP contribution in [0.15, 0.2) is 30.3 Å². The minimum absolute atomic E-state index is 0.221. The Labute approximate surface area is 98.0 Å². The minimum atomic E-state index is 0.221. The van der Waals surface area contributed by atoms with Gasteiger partial charge >= 0.3 is 0 Å². The minimum Gasteiger partial charge on any atom is -0.368 e. The molecular weight excluding hydrogens is 198 g/mol.